The monoisotopic (exact) mass is 391 g/mol. The Morgan fingerprint density at radius 3 is 2.81 bits per heavy atom. The Bertz CT molecular complexity index is 966. The highest BCUT2D eigenvalue weighted by molar-refractivity contribution is 8.01. The fourth-order valence-corrected chi connectivity index (χ4v) is 3.95. The molecule has 0 saturated carbocycles. The van der Waals surface area contributed by atoms with Crippen LogP contribution < -0.4 is 0 Å². The lowest BCUT2D eigenvalue weighted by Crippen LogP contribution is -2.07. The van der Waals surface area contributed by atoms with Gasteiger partial charge in [0, 0.05) is 34.2 Å². The van der Waals surface area contributed by atoms with Crippen LogP contribution >= 0.6 is 23.1 Å². The molecule has 3 rings (SSSR count). The van der Waals surface area contributed by atoms with Gasteiger partial charge < -0.3 is 9.26 Å². The van der Waals surface area contributed by atoms with Gasteiger partial charge in [-0.2, -0.15) is 0 Å². The Morgan fingerprint density at radius 1 is 1.38 bits per heavy atom. The molecule has 0 aliphatic carbocycles. The van der Waals surface area contributed by atoms with Crippen molar-refractivity contribution in [2.24, 2.45) is 0 Å². The third kappa shape index (κ3) is 4.27. The molecular formula is C16H13N3O5S2. The number of hydrogen-bond acceptors (Lipinski definition) is 9. The summed E-state index contributed by atoms with van der Waals surface area (Å²) < 4.78 is 10.9. The molecule has 8 nitrogen and oxygen atoms in total. The number of ether oxygens (including phenoxy) is 1. The fraction of sp³-hybridized carbons (Fsp3) is 0.188. The molecule has 0 saturated heterocycles. The highest BCUT2D eigenvalue weighted by Gasteiger charge is 2.20. The number of benzene rings is 1. The number of esters is 1. The van der Waals surface area contributed by atoms with Gasteiger partial charge >= 0.3 is 5.97 Å². The molecule has 10 heteroatoms. The zero-order valence-corrected chi connectivity index (χ0v) is 15.4. The quantitative estimate of drug-likeness (QED) is 0.350. The van der Waals surface area contributed by atoms with Crippen LogP contribution in [0.15, 0.2) is 43.4 Å². The van der Waals surface area contributed by atoms with Crippen LogP contribution in [0.2, 0.25) is 0 Å². The minimum Gasteiger partial charge on any atom is -0.455 e. The third-order valence-electron chi connectivity index (χ3n) is 3.22. The maximum absolute atomic E-state index is 12.5. The van der Waals surface area contributed by atoms with Gasteiger partial charge in [0.25, 0.3) is 5.69 Å². The summed E-state index contributed by atoms with van der Waals surface area (Å²) in [6.07, 6.45) is 0. The molecule has 0 aliphatic rings. The first-order valence-corrected chi connectivity index (χ1v) is 9.10. The van der Waals surface area contributed by atoms with Crippen molar-refractivity contribution in [2.45, 2.75) is 29.7 Å². The van der Waals surface area contributed by atoms with Crippen LogP contribution in [-0.2, 0) is 11.3 Å². The van der Waals surface area contributed by atoms with Crippen molar-refractivity contribution in [3.8, 4) is 0 Å². The van der Waals surface area contributed by atoms with Gasteiger partial charge in [-0.25, -0.2) is 9.78 Å². The summed E-state index contributed by atoms with van der Waals surface area (Å²) in [7, 11) is 0. The number of nitro benzene ring substituents is 1. The van der Waals surface area contributed by atoms with E-state index in [0.717, 1.165) is 10.0 Å². The Kier molecular flexibility index (Phi) is 5.33. The number of nitrogens with zero attached hydrogens (tertiary/aromatic N) is 3. The number of carbonyl (C=O) groups excluding carboxylic acids is 1. The van der Waals surface area contributed by atoms with Crippen molar-refractivity contribution >= 4 is 34.8 Å². The molecule has 0 spiro atoms. The Hall–Kier alpha value is -2.72. The summed E-state index contributed by atoms with van der Waals surface area (Å²) >= 11 is 2.69. The Labute approximate surface area is 156 Å². The SMILES string of the molecule is Cc1csc(Sc2ccc([N+](=O)[O-])cc2C(=O)OCc2cc(C)on2)n1. The van der Waals surface area contributed by atoms with E-state index in [2.05, 4.69) is 10.1 Å². The van der Waals surface area contributed by atoms with E-state index in [1.807, 2.05) is 12.3 Å². The Morgan fingerprint density at radius 2 is 2.19 bits per heavy atom. The lowest BCUT2D eigenvalue weighted by molar-refractivity contribution is -0.384. The predicted molar refractivity (Wildman–Crippen MR) is 94.4 cm³/mol. The Balaban J connectivity index is 1.84. The summed E-state index contributed by atoms with van der Waals surface area (Å²) in [5, 5.41) is 16.7. The van der Waals surface area contributed by atoms with Crippen molar-refractivity contribution in [3.05, 3.63) is 62.5 Å². The molecular weight excluding hydrogens is 378 g/mol. The second-order valence-electron chi connectivity index (χ2n) is 5.30. The average molecular weight is 391 g/mol. The maximum atomic E-state index is 12.5. The normalized spacial score (nSPS) is 10.7. The smallest absolute Gasteiger partial charge is 0.339 e. The first-order chi connectivity index (χ1) is 12.4. The largest absolute Gasteiger partial charge is 0.455 e. The summed E-state index contributed by atoms with van der Waals surface area (Å²) in [5.41, 5.74) is 1.25. The van der Waals surface area contributed by atoms with E-state index in [1.54, 1.807) is 13.0 Å². The van der Waals surface area contributed by atoms with E-state index in [9.17, 15) is 14.9 Å². The van der Waals surface area contributed by atoms with Crippen LogP contribution in [0.5, 0.6) is 0 Å². The number of nitro groups is 1. The molecule has 0 unspecified atom stereocenters. The molecule has 3 aromatic rings. The number of rotatable bonds is 6. The number of non-ortho nitro benzene ring substituents is 1. The van der Waals surface area contributed by atoms with Crippen LogP contribution in [0.1, 0.15) is 27.5 Å². The number of thiazole rings is 1. The van der Waals surface area contributed by atoms with Gasteiger partial charge in [0.1, 0.15) is 18.1 Å². The number of hydrogen-bond donors (Lipinski definition) is 0. The first-order valence-electron chi connectivity index (χ1n) is 7.40. The van der Waals surface area contributed by atoms with Crippen LogP contribution in [0.3, 0.4) is 0 Å². The number of aromatic nitrogens is 2. The summed E-state index contributed by atoms with van der Waals surface area (Å²) in [5.74, 6) is -0.0769. The molecule has 0 amide bonds. The van der Waals surface area contributed by atoms with E-state index >= 15 is 0 Å². The van der Waals surface area contributed by atoms with Crippen LogP contribution in [0.4, 0.5) is 5.69 Å². The molecule has 0 aliphatic heterocycles. The van der Waals surface area contributed by atoms with E-state index in [4.69, 9.17) is 9.26 Å². The van der Waals surface area contributed by atoms with Gasteiger partial charge in [-0.15, -0.1) is 11.3 Å². The molecule has 0 N–H and O–H groups in total. The summed E-state index contributed by atoms with van der Waals surface area (Å²) in [6.45, 7) is 3.51. The van der Waals surface area contributed by atoms with Gasteiger partial charge in [-0.1, -0.05) is 16.9 Å². The van der Waals surface area contributed by atoms with Crippen molar-refractivity contribution in [1.82, 2.24) is 10.1 Å². The second-order valence-corrected chi connectivity index (χ2v) is 7.45. The van der Waals surface area contributed by atoms with Crippen LogP contribution in [0.25, 0.3) is 0 Å². The van der Waals surface area contributed by atoms with Crippen molar-refractivity contribution < 1.29 is 19.0 Å². The second kappa shape index (κ2) is 7.67. The predicted octanol–water partition coefficient (Wildman–Crippen LogP) is 4.16. The lowest BCUT2D eigenvalue weighted by Gasteiger charge is -2.07. The summed E-state index contributed by atoms with van der Waals surface area (Å²) in [4.78, 5) is 27.8. The van der Waals surface area contributed by atoms with Gasteiger partial charge in [-0.3, -0.25) is 10.1 Å². The lowest BCUT2D eigenvalue weighted by atomic mass is 10.2. The van der Waals surface area contributed by atoms with Gasteiger partial charge in [0.2, 0.25) is 0 Å². The third-order valence-corrected chi connectivity index (χ3v) is 5.35. The van der Waals surface area contributed by atoms with E-state index < -0.39 is 10.9 Å². The molecule has 2 aromatic heterocycles. The highest BCUT2D eigenvalue weighted by Crippen LogP contribution is 2.34. The fourth-order valence-electron chi connectivity index (χ4n) is 2.06. The standard InChI is InChI=1S/C16H13N3O5S2/c1-9-8-25-16(17-9)26-14-4-3-12(19(21)22)6-13(14)15(20)23-7-11-5-10(2)24-18-11/h3-6,8H,7H2,1-2H3. The maximum Gasteiger partial charge on any atom is 0.339 e. The minimum atomic E-state index is -0.676. The number of carbonyl (C=O) groups is 1. The van der Waals surface area contributed by atoms with Crippen LogP contribution in [0, 0.1) is 24.0 Å². The van der Waals surface area contributed by atoms with E-state index in [-0.39, 0.29) is 17.9 Å². The molecule has 0 atom stereocenters. The minimum absolute atomic E-state index is 0.0840. The topological polar surface area (TPSA) is 108 Å². The zero-order chi connectivity index (χ0) is 18.7. The van der Waals surface area contributed by atoms with E-state index in [0.29, 0.717) is 16.3 Å². The van der Waals surface area contributed by atoms with Crippen molar-refractivity contribution in [1.29, 1.82) is 0 Å². The van der Waals surface area contributed by atoms with Crippen LogP contribution in [-0.4, -0.2) is 21.0 Å². The van der Waals surface area contributed by atoms with Crippen molar-refractivity contribution in [2.75, 3.05) is 0 Å². The molecule has 134 valence electrons. The van der Waals surface area contributed by atoms with Gasteiger partial charge in [-0.05, 0) is 19.9 Å². The molecule has 26 heavy (non-hydrogen) atoms. The summed E-state index contributed by atoms with van der Waals surface area (Å²) in [6, 6.07) is 5.73. The number of aryl methyl sites for hydroxylation is 2. The van der Waals surface area contributed by atoms with Gasteiger partial charge in [0.15, 0.2) is 4.34 Å². The average Bonchev–Trinajstić information content (AvgIpc) is 3.21. The molecule has 2 heterocycles. The highest BCUT2D eigenvalue weighted by atomic mass is 32.2. The first kappa shape index (κ1) is 18.1. The molecule has 1 aromatic carbocycles. The van der Waals surface area contributed by atoms with Crippen molar-refractivity contribution in [3.63, 3.8) is 0 Å². The molecule has 0 fully saturated rings. The molecule has 0 radical (unpaired) electrons. The zero-order valence-electron chi connectivity index (χ0n) is 13.8. The molecule has 0 bridgehead atoms. The van der Waals surface area contributed by atoms with Gasteiger partial charge in [0.05, 0.1) is 10.5 Å². The van der Waals surface area contributed by atoms with E-state index in [1.165, 1.54) is 41.3 Å².